The molecule has 0 aliphatic carbocycles. The van der Waals surface area contributed by atoms with Crippen molar-refractivity contribution in [2.45, 2.75) is 0 Å². The van der Waals surface area contributed by atoms with Crippen LogP contribution in [0.2, 0.25) is 0 Å². The van der Waals surface area contributed by atoms with Gasteiger partial charge in [0.1, 0.15) is 18.5 Å². The first kappa shape index (κ1) is 13.6. The summed E-state index contributed by atoms with van der Waals surface area (Å²) in [6.07, 6.45) is 0.998. The molecule has 2 aromatic rings. The Balaban J connectivity index is 2.79. The Morgan fingerprint density at radius 2 is 2.10 bits per heavy atom. The van der Waals surface area contributed by atoms with Crippen molar-refractivity contribution in [3.05, 3.63) is 45.7 Å². The molecule has 0 aliphatic heterocycles. The number of rotatable bonds is 3. The number of nitrogens with zero attached hydrogens (tertiary/aromatic N) is 6. The molecule has 2 aromatic heterocycles. The van der Waals surface area contributed by atoms with Crippen molar-refractivity contribution in [2.75, 3.05) is 0 Å². The summed E-state index contributed by atoms with van der Waals surface area (Å²) in [6.45, 7) is 0. The normalized spacial score (nSPS) is 9.62. The highest BCUT2D eigenvalue weighted by Crippen LogP contribution is 2.23. The molecular formula is C11H4N6O4. The van der Waals surface area contributed by atoms with Gasteiger partial charge in [0.25, 0.3) is 0 Å². The van der Waals surface area contributed by atoms with Gasteiger partial charge in [0.2, 0.25) is 5.82 Å². The zero-order valence-corrected chi connectivity index (χ0v) is 10.1. The summed E-state index contributed by atoms with van der Waals surface area (Å²) in [7, 11) is 0. The van der Waals surface area contributed by atoms with Crippen molar-refractivity contribution >= 4 is 11.7 Å². The molecule has 10 heteroatoms. The molecule has 10 nitrogen and oxygen atoms in total. The first-order valence-electron chi connectivity index (χ1n) is 5.26. The third-order valence-electron chi connectivity index (χ3n) is 2.48. The molecule has 0 atom stereocenters. The van der Waals surface area contributed by atoms with Crippen LogP contribution in [-0.4, -0.2) is 30.5 Å². The van der Waals surface area contributed by atoms with E-state index in [1.54, 1.807) is 12.1 Å². The Hall–Kier alpha value is -3.79. The molecule has 0 saturated carbocycles. The molecule has 0 bridgehead atoms. The van der Waals surface area contributed by atoms with Gasteiger partial charge in [-0.3, -0.25) is 14.7 Å². The van der Waals surface area contributed by atoms with Crippen LogP contribution in [0.1, 0.15) is 21.9 Å². The van der Waals surface area contributed by atoms with E-state index in [4.69, 9.17) is 15.6 Å². The van der Waals surface area contributed by atoms with Crippen LogP contribution in [-0.2, 0) is 0 Å². The molecule has 0 aliphatic rings. The molecule has 2 heterocycles. The van der Waals surface area contributed by atoms with Gasteiger partial charge < -0.3 is 5.11 Å². The number of carboxylic acids is 1. The summed E-state index contributed by atoms with van der Waals surface area (Å²) in [5.41, 5.74) is -1.46. The monoisotopic (exact) mass is 284 g/mol. The standard InChI is InChI=1S/C11H4N6O4/c12-3-7-9(4-13)16(5-14-7)10-8(17(20)21)2-1-6(15-10)11(18)19/h1-2,5H,(H,18,19). The zero-order chi connectivity index (χ0) is 15.6. The van der Waals surface area contributed by atoms with Crippen molar-refractivity contribution in [1.29, 1.82) is 10.5 Å². The van der Waals surface area contributed by atoms with Gasteiger partial charge >= 0.3 is 11.7 Å². The Bertz CT molecular complexity index is 841. The minimum Gasteiger partial charge on any atom is -0.477 e. The lowest BCUT2D eigenvalue weighted by molar-refractivity contribution is -0.384. The minimum atomic E-state index is -1.38. The number of imidazole rings is 1. The second kappa shape index (κ2) is 5.07. The van der Waals surface area contributed by atoms with Crippen LogP contribution in [0.5, 0.6) is 0 Å². The molecule has 0 unspecified atom stereocenters. The fraction of sp³-hybridized carbons (Fsp3) is 0. The molecule has 1 N–H and O–H groups in total. The van der Waals surface area contributed by atoms with E-state index >= 15 is 0 Å². The molecule has 102 valence electrons. The number of carbonyl (C=O) groups is 1. The maximum atomic E-state index is 11.0. The van der Waals surface area contributed by atoms with Crippen LogP contribution in [0.25, 0.3) is 5.82 Å². The molecule has 21 heavy (non-hydrogen) atoms. The lowest BCUT2D eigenvalue weighted by Crippen LogP contribution is -2.09. The van der Waals surface area contributed by atoms with E-state index < -0.39 is 28.1 Å². The molecule has 0 amide bonds. The third kappa shape index (κ3) is 2.24. The van der Waals surface area contributed by atoms with Crippen LogP contribution in [0, 0.1) is 32.8 Å². The zero-order valence-electron chi connectivity index (χ0n) is 10.1. The lowest BCUT2D eigenvalue weighted by Gasteiger charge is -2.04. The number of hydrogen-bond donors (Lipinski definition) is 1. The topological polar surface area (TPSA) is 159 Å². The van der Waals surface area contributed by atoms with Crippen LogP contribution in [0.3, 0.4) is 0 Å². The smallest absolute Gasteiger partial charge is 0.354 e. The van der Waals surface area contributed by atoms with E-state index in [9.17, 15) is 14.9 Å². The Morgan fingerprint density at radius 1 is 1.38 bits per heavy atom. The van der Waals surface area contributed by atoms with Gasteiger partial charge in [0.15, 0.2) is 17.1 Å². The van der Waals surface area contributed by atoms with Gasteiger partial charge in [-0.15, -0.1) is 0 Å². The van der Waals surface area contributed by atoms with Gasteiger partial charge in [-0.25, -0.2) is 14.8 Å². The van der Waals surface area contributed by atoms with Gasteiger partial charge in [-0.05, 0) is 6.07 Å². The Morgan fingerprint density at radius 3 is 2.62 bits per heavy atom. The van der Waals surface area contributed by atoms with Gasteiger partial charge in [0, 0.05) is 6.07 Å². The predicted octanol–water partition coefficient (Wildman–Crippen LogP) is 0.617. The van der Waals surface area contributed by atoms with Crippen molar-refractivity contribution in [3.63, 3.8) is 0 Å². The predicted molar refractivity (Wildman–Crippen MR) is 64.4 cm³/mol. The summed E-state index contributed by atoms with van der Waals surface area (Å²) < 4.78 is 0.906. The second-order valence-electron chi connectivity index (χ2n) is 3.64. The first-order valence-corrected chi connectivity index (χ1v) is 5.26. The number of nitro groups is 1. The summed E-state index contributed by atoms with van der Waals surface area (Å²) in [4.78, 5) is 28.4. The van der Waals surface area contributed by atoms with Crippen molar-refractivity contribution in [2.24, 2.45) is 0 Å². The molecule has 2 rings (SSSR count). The minimum absolute atomic E-state index is 0.241. The highest BCUT2D eigenvalue weighted by molar-refractivity contribution is 5.86. The average molecular weight is 284 g/mol. The second-order valence-corrected chi connectivity index (χ2v) is 3.64. The Kier molecular flexibility index (Phi) is 3.29. The first-order chi connectivity index (χ1) is 9.99. The summed E-state index contributed by atoms with van der Waals surface area (Å²) in [6, 6.07) is 5.26. The van der Waals surface area contributed by atoms with E-state index in [2.05, 4.69) is 9.97 Å². The molecule has 0 saturated heterocycles. The summed E-state index contributed by atoms with van der Waals surface area (Å²) in [5.74, 6) is -1.78. The van der Waals surface area contributed by atoms with E-state index in [1.807, 2.05) is 0 Å². The van der Waals surface area contributed by atoms with Crippen molar-refractivity contribution in [3.8, 4) is 18.0 Å². The van der Waals surface area contributed by atoms with Gasteiger partial charge in [-0.1, -0.05) is 0 Å². The summed E-state index contributed by atoms with van der Waals surface area (Å²) >= 11 is 0. The highest BCUT2D eigenvalue weighted by atomic mass is 16.6. The maximum absolute atomic E-state index is 11.0. The molecule has 0 fully saturated rings. The van der Waals surface area contributed by atoms with E-state index in [0.717, 1.165) is 23.0 Å². The van der Waals surface area contributed by atoms with Crippen molar-refractivity contribution < 1.29 is 14.8 Å². The van der Waals surface area contributed by atoms with Gasteiger partial charge in [-0.2, -0.15) is 10.5 Å². The molecule has 0 radical (unpaired) electrons. The quantitative estimate of drug-likeness (QED) is 0.633. The number of pyridine rings is 1. The fourth-order valence-electron chi connectivity index (χ4n) is 1.58. The van der Waals surface area contributed by atoms with Crippen LogP contribution in [0.15, 0.2) is 18.5 Å². The van der Waals surface area contributed by atoms with Gasteiger partial charge in [0.05, 0.1) is 4.92 Å². The van der Waals surface area contributed by atoms with E-state index in [-0.39, 0.29) is 11.4 Å². The fourth-order valence-corrected chi connectivity index (χ4v) is 1.58. The summed E-state index contributed by atoms with van der Waals surface area (Å²) in [5, 5.41) is 37.7. The molecule has 0 spiro atoms. The largest absolute Gasteiger partial charge is 0.477 e. The SMILES string of the molecule is N#Cc1ncn(-c2nc(C(=O)O)ccc2[N+](=O)[O-])c1C#N. The van der Waals surface area contributed by atoms with Crippen LogP contribution >= 0.6 is 0 Å². The van der Waals surface area contributed by atoms with Crippen LogP contribution in [0.4, 0.5) is 5.69 Å². The highest BCUT2D eigenvalue weighted by Gasteiger charge is 2.23. The van der Waals surface area contributed by atoms with E-state index in [0.29, 0.717) is 0 Å². The van der Waals surface area contributed by atoms with Crippen LogP contribution < -0.4 is 0 Å². The lowest BCUT2D eigenvalue weighted by atomic mass is 10.3. The number of nitriles is 2. The third-order valence-corrected chi connectivity index (χ3v) is 2.48. The maximum Gasteiger partial charge on any atom is 0.354 e. The Labute approximate surface area is 116 Å². The molecule has 0 aromatic carbocycles. The number of carboxylic acid groups (broad SMARTS) is 1. The van der Waals surface area contributed by atoms with E-state index in [1.165, 1.54) is 0 Å². The molecular weight excluding hydrogens is 280 g/mol. The number of aromatic carboxylic acids is 1. The van der Waals surface area contributed by atoms with Crippen molar-refractivity contribution in [1.82, 2.24) is 14.5 Å². The number of hydrogen-bond acceptors (Lipinski definition) is 7. The number of aromatic nitrogens is 3. The average Bonchev–Trinajstić information content (AvgIpc) is 2.88.